The lowest BCUT2D eigenvalue weighted by Gasteiger charge is -2.43. The fraction of sp³-hybridized carbons (Fsp3) is 0.407. The second kappa shape index (κ2) is 12.8. The van der Waals surface area contributed by atoms with Crippen molar-refractivity contribution in [3.05, 3.63) is 73.3 Å². The van der Waals surface area contributed by atoms with E-state index in [-0.39, 0.29) is 43.8 Å². The predicted octanol–water partition coefficient (Wildman–Crippen LogP) is 4.34. The third kappa shape index (κ3) is 6.78. The second-order valence-electron chi connectivity index (χ2n) is 9.28. The summed E-state index contributed by atoms with van der Waals surface area (Å²) < 4.78 is 7.04. The molecule has 2 aliphatic rings. The minimum atomic E-state index is -1.10. The lowest BCUT2D eigenvalue weighted by atomic mass is 9.82. The van der Waals surface area contributed by atoms with Gasteiger partial charge >= 0.3 is 0 Å². The molecule has 3 unspecified atom stereocenters. The molecule has 2 amide bonds. The van der Waals surface area contributed by atoms with E-state index in [1.54, 1.807) is 35.2 Å². The van der Waals surface area contributed by atoms with Crippen LogP contribution in [0.5, 0.6) is 5.75 Å². The third-order valence-electron chi connectivity index (χ3n) is 6.81. The quantitative estimate of drug-likeness (QED) is 0.348. The Morgan fingerprint density at radius 1 is 1.16 bits per heavy atom. The van der Waals surface area contributed by atoms with Crippen molar-refractivity contribution >= 4 is 57.6 Å². The van der Waals surface area contributed by atoms with Gasteiger partial charge in [0.2, 0.25) is 11.8 Å². The molecule has 0 aliphatic heterocycles. The summed E-state index contributed by atoms with van der Waals surface area (Å²) in [5, 5.41) is 24.3. The smallest absolute Gasteiger partial charge is 0.247 e. The fourth-order valence-electron chi connectivity index (χ4n) is 4.55. The van der Waals surface area contributed by atoms with Crippen LogP contribution in [0.25, 0.3) is 0 Å². The first-order chi connectivity index (χ1) is 17.8. The van der Waals surface area contributed by atoms with Crippen molar-refractivity contribution in [1.82, 2.24) is 10.2 Å². The summed E-state index contributed by atoms with van der Waals surface area (Å²) in [6.07, 6.45) is 2.32. The van der Waals surface area contributed by atoms with Crippen molar-refractivity contribution in [2.45, 2.75) is 50.5 Å². The summed E-state index contributed by atoms with van der Waals surface area (Å²) in [6, 6.07) is 11.8. The Morgan fingerprint density at radius 3 is 2.57 bits per heavy atom. The van der Waals surface area contributed by atoms with Crippen LogP contribution in [0, 0.1) is 9.49 Å². The first kappa shape index (κ1) is 28.2. The zero-order valence-corrected chi connectivity index (χ0v) is 23.7. The van der Waals surface area contributed by atoms with Gasteiger partial charge in [0.15, 0.2) is 0 Å². The Balaban J connectivity index is 1.69. The van der Waals surface area contributed by atoms with Gasteiger partial charge in [0, 0.05) is 41.0 Å². The van der Waals surface area contributed by atoms with Crippen molar-refractivity contribution in [3.63, 3.8) is 0 Å². The summed E-state index contributed by atoms with van der Waals surface area (Å²) in [6.45, 7) is 0.0549. The number of ether oxygens (including phenoxy) is 1. The van der Waals surface area contributed by atoms with Crippen LogP contribution in [-0.4, -0.2) is 58.3 Å². The predicted molar refractivity (Wildman–Crippen MR) is 151 cm³/mol. The number of para-hydroxylation sites is 1. The van der Waals surface area contributed by atoms with Gasteiger partial charge in [-0.25, -0.2) is 0 Å². The number of benzene rings is 2. The average Bonchev–Trinajstić information content (AvgIpc) is 2.83. The number of nitrogens with zero attached hydrogens (tertiary/aromatic N) is 1. The first-order valence-electron chi connectivity index (χ1n) is 12.2. The number of hydrogen-bond donors (Lipinski definition) is 3. The van der Waals surface area contributed by atoms with E-state index in [0.29, 0.717) is 26.9 Å². The van der Waals surface area contributed by atoms with E-state index < -0.39 is 18.2 Å². The standard InChI is InChI=1S/C27H29Cl2IN2O5/c28-19-9-8-17(20(29)14-19)15-32(27(36)16-4-3-5-16)22-12-18(26(35)31-10-11-33)13-24(25(22)34)37-23-7-2-1-6-21(23)30/h1-2,6-9,13-14,16,22,24-25,33-34H,3-5,10-12,15H2,(H,31,35). The molecule has 37 heavy (non-hydrogen) atoms. The number of aliphatic hydroxyl groups excluding tert-OH is 2. The minimum Gasteiger partial charge on any atom is -0.482 e. The summed E-state index contributed by atoms with van der Waals surface area (Å²) in [5.74, 6) is -0.0173. The zero-order chi connectivity index (χ0) is 26.5. The van der Waals surface area contributed by atoms with Gasteiger partial charge in [-0.2, -0.15) is 0 Å². The molecule has 10 heteroatoms. The summed E-state index contributed by atoms with van der Waals surface area (Å²) in [7, 11) is 0. The highest BCUT2D eigenvalue weighted by Crippen LogP contribution is 2.35. The SMILES string of the molecule is O=C(NCCO)C1=CC(Oc2ccccc2I)C(O)C(N(Cc2ccc(Cl)cc2Cl)C(=O)C2CCC2)C1. The van der Waals surface area contributed by atoms with Gasteiger partial charge < -0.3 is 25.2 Å². The van der Waals surface area contributed by atoms with Crippen LogP contribution in [0.4, 0.5) is 0 Å². The molecule has 0 bridgehead atoms. The Hall–Kier alpha value is -1.85. The molecule has 0 aromatic heterocycles. The van der Waals surface area contributed by atoms with Gasteiger partial charge in [-0.05, 0) is 71.3 Å². The van der Waals surface area contributed by atoms with Gasteiger partial charge in [-0.1, -0.05) is 47.8 Å². The minimum absolute atomic E-state index is 0.0774. The molecule has 2 aliphatic carbocycles. The highest BCUT2D eigenvalue weighted by Gasteiger charge is 2.43. The van der Waals surface area contributed by atoms with E-state index in [1.807, 2.05) is 18.2 Å². The normalized spacial score (nSPS) is 21.5. The molecule has 0 radical (unpaired) electrons. The Morgan fingerprint density at radius 2 is 1.92 bits per heavy atom. The van der Waals surface area contributed by atoms with Crippen LogP contribution < -0.4 is 10.1 Å². The van der Waals surface area contributed by atoms with E-state index in [4.69, 9.17) is 27.9 Å². The van der Waals surface area contributed by atoms with Gasteiger partial charge in [0.05, 0.1) is 16.2 Å². The maximum Gasteiger partial charge on any atom is 0.247 e. The van der Waals surface area contributed by atoms with Crippen LogP contribution in [0.1, 0.15) is 31.2 Å². The van der Waals surface area contributed by atoms with Crippen molar-refractivity contribution in [2.75, 3.05) is 13.2 Å². The summed E-state index contributed by atoms with van der Waals surface area (Å²) in [4.78, 5) is 28.3. The molecule has 2 aromatic carbocycles. The van der Waals surface area contributed by atoms with Crippen molar-refractivity contribution in [1.29, 1.82) is 0 Å². The average molecular weight is 659 g/mol. The Bertz CT molecular complexity index is 1170. The molecule has 0 heterocycles. The molecule has 3 atom stereocenters. The molecule has 0 spiro atoms. The van der Waals surface area contributed by atoms with Crippen LogP contribution in [0.2, 0.25) is 10.0 Å². The molecule has 0 saturated heterocycles. The topological polar surface area (TPSA) is 99.1 Å². The monoisotopic (exact) mass is 658 g/mol. The number of aliphatic hydroxyl groups is 2. The number of carbonyl (C=O) groups excluding carboxylic acids is 2. The largest absolute Gasteiger partial charge is 0.482 e. The van der Waals surface area contributed by atoms with Gasteiger partial charge in [0.25, 0.3) is 0 Å². The number of nitrogens with one attached hydrogen (secondary N) is 1. The number of halogens is 3. The number of rotatable bonds is 9. The molecule has 3 N–H and O–H groups in total. The van der Waals surface area contributed by atoms with Gasteiger partial charge in [-0.3, -0.25) is 9.59 Å². The van der Waals surface area contributed by atoms with Crippen LogP contribution in [-0.2, 0) is 16.1 Å². The van der Waals surface area contributed by atoms with Gasteiger partial charge in [-0.15, -0.1) is 0 Å². The molecular formula is C27H29Cl2IN2O5. The number of carbonyl (C=O) groups is 2. The van der Waals surface area contributed by atoms with Crippen LogP contribution in [0.3, 0.4) is 0 Å². The molecule has 1 saturated carbocycles. The Labute approximate surface area is 239 Å². The van der Waals surface area contributed by atoms with Crippen LogP contribution in [0.15, 0.2) is 54.1 Å². The molecule has 7 nitrogen and oxygen atoms in total. The molecule has 2 aromatic rings. The lowest BCUT2D eigenvalue weighted by Crippen LogP contribution is -2.56. The maximum atomic E-state index is 13.7. The number of hydrogen-bond acceptors (Lipinski definition) is 5. The zero-order valence-electron chi connectivity index (χ0n) is 20.1. The van der Waals surface area contributed by atoms with E-state index in [2.05, 4.69) is 27.9 Å². The van der Waals surface area contributed by atoms with E-state index in [1.165, 1.54) is 0 Å². The van der Waals surface area contributed by atoms with Gasteiger partial charge in [0.1, 0.15) is 18.0 Å². The third-order valence-corrected chi connectivity index (χ3v) is 8.29. The molecule has 1 fully saturated rings. The van der Waals surface area contributed by atoms with E-state index >= 15 is 0 Å². The maximum absolute atomic E-state index is 13.7. The highest BCUT2D eigenvalue weighted by molar-refractivity contribution is 14.1. The lowest BCUT2D eigenvalue weighted by molar-refractivity contribution is -0.146. The van der Waals surface area contributed by atoms with E-state index in [9.17, 15) is 19.8 Å². The van der Waals surface area contributed by atoms with E-state index in [0.717, 1.165) is 22.8 Å². The molecular weight excluding hydrogens is 630 g/mol. The fourth-order valence-corrected chi connectivity index (χ4v) is 5.53. The van der Waals surface area contributed by atoms with Crippen LogP contribution >= 0.6 is 45.8 Å². The highest BCUT2D eigenvalue weighted by atomic mass is 127. The molecule has 198 valence electrons. The number of amides is 2. The Kier molecular flexibility index (Phi) is 9.74. The second-order valence-corrected chi connectivity index (χ2v) is 11.3. The first-order valence-corrected chi connectivity index (χ1v) is 14.1. The summed E-state index contributed by atoms with van der Waals surface area (Å²) in [5.41, 5.74) is 1.08. The summed E-state index contributed by atoms with van der Waals surface area (Å²) >= 11 is 14.7. The molecule has 4 rings (SSSR count). The van der Waals surface area contributed by atoms with Crippen molar-refractivity contribution in [3.8, 4) is 5.75 Å². The van der Waals surface area contributed by atoms with Crippen molar-refractivity contribution < 1.29 is 24.5 Å². The van der Waals surface area contributed by atoms with Crippen molar-refractivity contribution in [2.24, 2.45) is 5.92 Å².